The number of allylic oxidation sites excluding steroid dienone is 1. The monoisotopic (exact) mass is 641 g/mol. The Morgan fingerprint density at radius 2 is 1.68 bits per heavy atom. The normalized spacial score (nSPS) is 16.8. The van der Waals surface area contributed by atoms with Crippen molar-refractivity contribution in [2.45, 2.75) is 36.8 Å². The van der Waals surface area contributed by atoms with Gasteiger partial charge in [-0.3, -0.25) is 24.6 Å². The number of aliphatic hydroxyl groups excluding tert-OH is 1. The number of aryl methyl sites for hydroxylation is 1. The van der Waals surface area contributed by atoms with Crippen LogP contribution in [0.2, 0.25) is 0 Å². The Morgan fingerprint density at radius 1 is 1.05 bits per heavy atom. The number of nitrogens with one attached hydrogen (secondary N) is 1. The zero-order valence-corrected chi connectivity index (χ0v) is 25.0. The van der Waals surface area contributed by atoms with Crippen molar-refractivity contribution < 1.29 is 42.3 Å². The summed E-state index contributed by atoms with van der Waals surface area (Å²) in [6, 6.07) is 18.1. The molecular formula is C29H27N3O10S2. The fourth-order valence-electron chi connectivity index (χ4n) is 4.06. The van der Waals surface area contributed by atoms with E-state index in [1.807, 2.05) is 0 Å². The molecule has 230 valence electrons. The number of benzene rings is 3. The van der Waals surface area contributed by atoms with Gasteiger partial charge in [0.1, 0.15) is 29.5 Å². The van der Waals surface area contributed by atoms with Crippen LogP contribution >= 0.6 is 10.8 Å². The smallest absolute Gasteiger partial charge is 0.358 e. The number of hydrogen-bond acceptors (Lipinski definition) is 11. The molecule has 0 bridgehead atoms. The number of carbonyl (C=O) groups excluding carboxylic acids is 3. The number of nitro groups is 1. The highest BCUT2D eigenvalue weighted by atomic mass is 33.1. The minimum absolute atomic E-state index is 0.0723. The number of nitro benzene ring substituents is 1. The fraction of sp³-hybridized carbons (Fsp3) is 0.207. The number of hydrogen-bond donors (Lipinski definition) is 2. The number of likely N-dealkylation sites (tertiary alicyclic amines) is 1. The maximum absolute atomic E-state index is 13.3. The van der Waals surface area contributed by atoms with Crippen LogP contribution in [0.4, 0.5) is 5.69 Å². The first-order valence-electron chi connectivity index (χ1n) is 13.0. The van der Waals surface area contributed by atoms with Crippen molar-refractivity contribution in [3.05, 3.63) is 112 Å². The number of carbonyl (C=O) groups is 3. The predicted octanol–water partition coefficient (Wildman–Crippen LogP) is 3.59. The Balaban J connectivity index is 1.55. The second-order valence-electron chi connectivity index (χ2n) is 9.54. The van der Waals surface area contributed by atoms with E-state index < -0.39 is 61.1 Å². The number of nitrogens with zero attached hydrogens (tertiary/aromatic N) is 2. The summed E-state index contributed by atoms with van der Waals surface area (Å²) in [6.45, 7) is 2.05. The zero-order valence-electron chi connectivity index (χ0n) is 23.4. The van der Waals surface area contributed by atoms with Crippen molar-refractivity contribution in [2.75, 3.05) is 6.61 Å². The maximum atomic E-state index is 13.3. The van der Waals surface area contributed by atoms with Crippen LogP contribution in [-0.4, -0.2) is 59.2 Å². The van der Waals surface area contributed by atoms with E-state index in [9.17, 15) is 38.0 Å². The lowest BCUT2D eigenvalue weighted by molar-refractivity contribution is -0.384. The maximum Gasteiger partial charge on any atom is 0.358 e. The van der Waals surface area contributed by atoms with E-state index in [1.54, 1.807) is 49.4 Å². The molecule has 1 aliphatic rings. The number of esters is 1. The Bertz CT molecular complexity index is 1690. The number of ether oxygens (including phenoxy) is 2. The molecule has 1 fully saturated rings. The van der Waals surface area contributed by atoms with E-state index in [1.165, 1.54) is 36.4 Å². The number of non-ortho nitro benzene ring substituents is 1. The van der Waals surface area contributed by atoms with Gasteiger partial charge in [0.2, 0.25) is 8.87 Å². The summed E-state index contributed by atoms with van der Waals surface area (Å²) in [4.78, 5) is 50.1. The average Bonchev–Trinajstić information content (AvgIpc) is 3.00. The molecule has 15 heteroatoms. The molecule has 2 N–H and O–H groups in total. The molecule has 3 aromatic carbocycles. The molecule has 4 rings (SSSR count). The molecule has 1 heterocycles. The van der Waals surface area contributed by atoms with Crippen molar-refractivity contribution in [1.82, 2.24) is 10.2 Å². The van der Waals surface area contributed by atoms with Gasteiger partial charge in [0, 0.05) is 22.9 Å². The molecule has 0 saturated carbocycles. The molecule has 0 aromatic heterocycles. The van der Waals surface area contributed by atoms with Gasteiger partial charge in [0.25, 0.3) is 17.5 Å². The number of para-hydroxylation sites is 1. The lowest BCUT2D eigenvalue weighted by atomic mass is 10.1. The summed E-state index contributed by atoms with van der Waals surface area (Å²) < 4.78 is 37.3. The number of aliphatic hydroxyl groups is 1. The lowest BCUT2D eigenvalue weighted by Gasteiger charge is -2.46. The first kappa shape index (κ1) is 32.0. The molecule has 0 spiro atoms. The number of amides is 2. The molecular weight excluding hydrogens is 614 g/mol. The molecule has 1 aliphatic heterocycles. The summed E-state index contributed by atoms with van der Waals surface area (Å²) >= 11 is 0. The molecule has 3 aromatic rings. The van der Waals surface area contributed by atoms with Crippen molar-refractivity contribution in [2.24, 2.45) is 0 Å². The van der Waals surface area contributed by atoms with Crippen molar-refractivity contribution >= 4 is 43.1 Å². The molecule has 1 saturated heterocycles. The molecule has 44 heavy (non-hydrogen) atoms. The van der Waals surface area contributed by atoms with E-state index in [0.717, 1.165) is 17.4 Å². The highest BCUT2D eigenvalue weighted by Gasteiger charge is 2.54. The topological polar surface area (TPSA) is 182 Å². The average molecular weight is 642 g/mol. The summed E-state index contributed by atoms with van der Waals surface area (Å²) in [5, 5.41) is 22.4. The molecule has 0 unspecified atom stereocenters. The van der Waals surface area contributed by atoms with Crippen LogP contribution in [0.15, 0.2) is 95.2 Å². The van der Waals surface area contributed by atoms with Crippen LogP contribution in [0.1, 0.15) is 18.1 Å². The van der Waals surface area contributed by atoms with Crippen LogP contribution < -0.4 is 10.1 Å². The standard InChI is InChI=1S/C29H27N3O10S2/c1-18-8-14-23(15-9-18)44(39,40)43-28-25(30-24(34)17-41-22-6-4-3-5-7-22)27(35)31(28)26(19(2)33)29(36)42-16-20-10-12-21(13-11-20)32(37)38/h3-15,25,28,33H,16-17H2,1-2H3,(H,30,34)/t25-,28-/m1/s1. The van der Waals surface area contributed by atoms with Crippen LogP contribution in [0.5, 0.6) is 5.75 Å². The van der Waals surface area contributed by atoms with E-state index in [-0.39, 0.29) is 17.2 Å². The largest absolute Gasteiger partial charge is 0.510 e. The molecule has 0 radical (unpaired) electrons. The first-order valence-corrected chi connectivity index (χ1v) is 15.9. The minimum Gasteiger partial charge on any atom is -0.510 e. The SMILES string of the molecule is CC(O)=C(C(=O)OCc1ccc([N+](=O)[O-])cc1)N1C(=O)[C@@H](NC(=O)COc2ccccc2)[C@H]1SS(=O)(=O)c1ccc(C)cc1. The van der Waals surface area contributed by atoms with Gasteiger partial charge in [-0.15, -0.1) is 0 Å². The van der Waals surface area contributed by atoms with E-state index in [4.69, 9.17) is 9.47 Å². The van der Waals surface area contributed by atoms with Crippen LogP contribution in [-0.2, 0) is 34.6 Å². The third-order valence-corrected chi connectivity index (χ3v) is 10.0. The van der Waals surface area contributed by atoms with Gasteiger partial charge in [0.05, 0.1) is 9.82 Å². The second-order valence-corrected chi connectivity index (χ2v) is 13.5. The van der Waals surface area contributed by atoms with Gasteiger partial charge < -0.3 is 19.9 Å². The summed E-state index contributed by atoms with van der Waals surface area (Å²) in [7, 11) is -3.83. The van der Waals surface area contributed by atoms with Gasteiger partial charge in [-0.1, -0.05) is 35.9 Å². The highest BCUT2D eigenvalue weighted by Crippen LogP contribution is 2.40. The molecule has 13 nitrogen and oxygen atoms in total. The lowest BCUT2D eigenvalue weighted by Crippen LogP contribution is -2.70. The van der Waals surface area contributed by atoms with Crippen molar-refractivity contribution in [3.8, 4) is 5.75 Å². The van der Waals surface area contributed by atoms with E-state index >= 15 is 0 Å². The predicted molar refractivity (Wildman–Crippen MR) is 159 cm³/mol. The zero-order chi connectivity index (χ0) is 32.0. The summed E-state index contributed by atoms with van der Waals surface area (Å²) in [5.41, 5.74) is 0.398. The Hall–Kier alpha value is -4.89. The van der Waals surface area contributed by atoms with Gasteiger partial charge in [0.15, 0.2) is 12.3 Å². The highest BCUT2D eigenvalue weighted by molar-refractivity contribution is 8.72. The molecule has 2 atom stereocenters. The first-order chi connectivity index (χ1) is 20.9. The van der Waals surface area contributed by atoms with Crippen LogP contribution in [0.25, 0.3) is 0 Å². The summed E-state index contributed by atoms with van der Waals surface area (Å²) in [6.07, 6.45) is 0. The minimum atomic E-state index is -4.14. The Kier molecular flexibility index (Phi) is 9.90. The Labute approximate surface area is 255 Å². The molecule has 2 amide bonds. The fourth-order valence-corrected chi connectivity index (χ4v) is 7.52. The number of β-lactam (4-membered cyclic amide) rings is 1. The quantitative estimate of drug-likeness (QED) is 0.0561. The van der Waals surface area contributed by atoms with Crippen molar-refractivity contribution in [1.29, 1.82) is 0 Å². The van der Waals surface area contributed by atoms with Gasteiger partial charge >= 0.3 is 5.97 Å². The van der Waals surface area contributed by atoms with Gasteiger partial charge in [-0.05, 0) is 55.8 Å². The third kappa shape index (κ3) is 7.54. The van der Waals surface area contributed by atoms with Crippen molar-refractivity contribution in [3.63, 3.8) is 0 Å². The summed E-state index contributed by atoms with van der Waals surface area (Å²) in [5.74, 6) is -2.99. The van der Waals surface area contributed by atoms with E-state index in [2.05, 4.69) is 5.32 Å². The second kappa shape index (κ2) is 13.6. The third-order valence-electron chi connectivity index (χ3n) is 6.30. The number of rotatable bonds is 12. The van der Waals surface area contributed by atoms with Gasteiger partial charge in [-0.2, -0.15) is 0 Å². The van der Waals surface area contributed by atoms with E-state index in [0.29, 0.717) is 22.1 Å². The molecule has 0 aliphatic carbocycles. The Morgan fingerprint density at radius 3 is 2.27 bits per heavy atom. The van der Waals surface area contributed by atoms with Crippen LogP contribution in [0, 0.1) is 17.0 Å². The van der Waals surface area contributed by atoms with Crippen LogP contribution in [0.3, 0.4) is 0 Å². The van der Waals surface area contributed by atoms with Gasteiger partial charge in [-0.25, -0.2) is 13.2 Å².